The van der Waals surface area contributed by atoms with E-state index in [2.05, 4.69) is 32.4 Å². The van der Waals surface area contributed by atoms with Crippen LogP contribution in [0.3, 0.4) is 0 Å². The number of hydrogen-bond donors (Lipinski definition) is 3. The number of aromatic nitrogens is 4. The highest BCUT2D eigenvalue weighted by Crippen LogP contribution is 2.31. The number of allylic oxidation sites excluding steroid dienone is 1. The van der Waals surface area contributed by atoms with Gasteiger partial charge in [0.25, 0.3) is 5.91 Å². The predicted octanol–water partition coefficient (Wildman–Crippen LogP) is 2.91. The maximum Gasteiger partial charge on any atom is 0.287 e. The number of anilines is 1. The maximum absolute atomic E-state index is 12.4. The summed E-state index contributed by atoms with van der Waals surface area (Å²) in [5.74, 6) is -0.106. The zero-order valence-corrected chi connectivity index (χ0v) is 16.8. The largest absolute Gasteiger partial charge is 0.459 e. The molecule has 0 bridgehead atoms. The highest BCUT2D eigenvalue weighted by molar-refractivity contribution is 7.71. The molecule has 1 atom stereocenters. The van der Waals surface area contributed by atoms with Gasteiger partial charge in [0, 0.05) is 6.54 Å². The SMILES string of the molecule is C=CCn1c(-c2sc(NC(=O)C(C)NC(=O)c3ccco3)nc2C)n[nH]c1=S. The van der Waals surface area contributed by atoms with Gasteiger partial charge in [0.15, 0.2) is 21.5 Å². The van der Waals surface area contributed by atoms with E-state index in [9.17, 15) is 9.59 Å². The molecule has 146 valence electrons. The lowest BCUT2D eigenvalue weighted by atomic mass is 10.3. The third kappa shape index (κ3) is 4.10. The van der Waals surface area contributed by atoms with Crippen molar-refractivity contribution < 1.29 is 14.0 Å². The first kappa shape index (κ1) is 19.7. The van der Waals surface area contributed by atoms with E-state index in [0.717, 1.165) is 4.88 Å². The number of furan rings is 1. The molecule has 0 spiro atoms. The fourth-order valence-corrected chi connectivity index (χ4v) is 3.58. The zero-order valence-electron chi connectivity index (χ0n) is 15.2. The van der Waals surface area contributed by atoms with E-state index in [-0.39, 0.29) is 5.76 Å². The second-order valence-electron chi connectivity index (χ2n) is 5.85. The highest BCUT2D eigenvalue weighted by atomic mass is 32.1. The van der Waals surface area contributed by atoms with Gasteiger partial charge in [-0.05, 0) is 38.2 Å². The van der Waals surface area contributed by atoms with Crippen LogP contribution < -0.4 is 10.6 Å². The minimum Gasteiger partial charge on any atom is -0.459 e. The summed E-state index contributed by atoms with van der Waals surface area (Å²) in [6, 6.07) is 2.34. The van der Waals surface area contributed by atoms with Gasteiger partial charge in [-0.3, -0.25) is 19.3 Å². The number of carbonyl (C=O) groups excluding carboxylic acids is 2. The molecule has 0 aliphatic carbocycles. The summed E-state index contributed by atoms with van der Waals surface area (Å²) in [5, 5.41) is 12.7. The molecule has 3 heterocycles. The number of carbonyl (C=O) groups is 2. The van der Waals surface area contributed by atoms with E-state index in [4.69, 9.17) is 16.6 Å². The van der Waals surface area contributed by atoms with E-state index in [1.54, 1.807) is 23.6 Å². The topological polar surface area (TPSA) is 118 Å². The summed E-state index contributed by atoms with van der Waals surface area (Å²) in [5.41, 5.74) is 0.701. The van der Waals surface area contributed by atoms with Crippen LogP contribution >= 0.6 is 23.6 Å². The van der Waals surface area contributed by atoms with Crippen LogP contribution in [0.5, 0.6) is 0 Å². The fraction of sp³-hybridized carbons (Fsp3) is 0.235. The first-order valence-corrected chi connectivity index (χ1v) is 9.52. The lowest BCUT2D eigenvalue weighted by molar-refractivity contribution is -0.117. The minimum absolute atomic E-state index is 0.136. The van der Waals surface area contributed by atoms with Crippen LogP contribution in [-0.4, -0.2) is 37.6 Å². The molecule has 28 heavy (non-hydrogen) atoms. The van der Waals surface area contributed by atoms with Crippen molar-refractivity contribution in [3.8, 4) is 10.7 Å². The van der Waals surface area contributed by atoms with Crippen LogP contribution in [0.4, 0.5) is 5.13 Å². The van der Waals surface area contributed by atoms with Gasteiger partial charge in [0.2, 0.25) is 5.91 Å². The molecule has 1 unspecified atom stereocenters. The summed E-state index contributed by atoms with van der Waals surface area (Å²) in [6.07, 6.45) is 3.11. The lowest BCUT2D eigenvalue weighted by Gasteiger charge is -2.11. The molecule has 0 fully saturated rings. The van der Waals surface area contributed by atoms with Gasteiger partial charge >= 0.3 is 0 Å². The van der Waals surface area contributed by atoms with Crippen molar-refractivity contribution in [1.82, 2.24) is 25.1 Å². The Bertz CT molecular complexity index is 1060. The van der Waals surface area contributed by atoms with Gasteiger partial charge in [0.05, 0.1) is 16.8 Å². The number of nitrogens with zero attached hydrogens (tertiary/aromatic N) is 3. The Morgan fingerprint density at radius 2 is 2.32 bits per heavy atom. The Labute approximate surface area is 169 Å². The number of hydrogen-bond acceptors (Lipinski definition) is 7. The molecular formula is C17H18N6O3S2. The summed E-state index contributed by atoms with van der Waals surface area (Å²) in [4.78, 5) is 29.5. The number of nitrogens with one attached hydrogen (secondary N) is 3. The molecule has 3 rings (SSSR count). The molecule has 0 aromatic carbocycles. The highest BCUT2D eigenvalue weighted by Gasteiger charge is 2.21. The number of amides is 2. The van der Waals surface area contributed by atoms with Crippen molar-refractivity contribution in [1.29, 1.82) is 0 Å². The normalized spacial score (nSPS) is 11.8. The third-order valence-corrected chi connectivity index (χ3v) is 5.17. The fourth-order valence-electron chi connectivity index (χ4n) is 2.40. The summed E-state index contributed by atoms with van der Waals surface area (Å²) in [6.45, 7) is 7.62. The number of aryl methyl sites for hydroxylation is 1. The Balaban J connectivity index is 1.73. The van der Waals surface area contributed by atoms with Gasteiger partial charge < -0.3 is 15.1 Å². The maximum atomic E-state index is 12.4. The Kier molecular flexibility index (Phi) is 5.85. The summed E-state index contributed by atoms with van der Waals surface area (Å²) in [7, 11) is 0. The van der Waals surface area contributed by atoms with Crippen LogP contribution in [0.25, 0.3) is 10.7 Å². The van der Waals surface area contributed by atoms with Crippen molar-refractivity contribution in [2.75, 3.05) is 5.32 Å². The van der Waals surface area contributed by atoms with Gasteiger partial charge in [-0.15, -0.1) is 6.58 Å². The number of rotatable bonds is 7. The van der Waals surface area contributed by atoms with E-state index < -0.39 is 17.9 Å². The van der Waals surface area contributed by atoms with Gasteiger partial charge in [0.1, 0.15) is 6.04 Å². The minimum atomic E-state index is -0.777. The average molecular weight is 419 g/mol. The summed E-state index contributed by atoms with van der Waals surface area (Å²) >= 11 is 6.50. The van der Waals surface area contributed by atoms with Crippen molar-refractivity contribution in [3.05, 3.63) is 47.3 Å². The lowest BCUT2D eigenvalue weighted by Crippen LogP contribution is -2.41. The van der Waals surface area contributed by atoms with E-state index in [1.165, 1.54) is 23.7 Å². The van der Waals surface area contributed by atoms with Crippen LogP contribution in [0.1, 0.15) is 23.2 Å². The van der Waals surface area contributed by atoms with Crippen molar-refractivity contribution in [3.63, 3.8) is 0 Å². The Morgan fingerprint density at radius 1 is 1.54 bits per heavy atom. The molecule has 0 aliphatic heterocycles. The molecule has 2 amide bonds. The second kappa shape index (κ2) is 8.31. The molecule has 3 N–H and O–H groups in total. The standard InChI is InChI=1S/C17H18N6O3S2/c1-4-7-23-13(21-22-17(23)27)12-9(2)19-16(28-12)20-14(24)10(3)18-15(25)11-6-5-8-26-11/h4-6,8,10H,1,7H2,2-3H3,(H,18,25)(H,22,27)(H,19,20,24). The predicted molar refractivity (Wildman–Crippen MR) is 108 cm³/mol. The quantitative estimate of drug-likeness (QED) is 0.401. The molecular weight excluding hydrogens is 400 g/mol. The van der Waals surface area contributed by atoms with Gasteiger partial charge in [-0.2, -0.15) is 5.10 Å². The molecule has 3 aromatic heterocycles. The monoisotopic (exact) mass is 418 g/mol. The molecule has 9 nitrogen and oxygen atoms in total. The van der Waals surface area contributed by atoms with Crippen LogP contribution in [0, 0.1) is 11.7 Å². The smallest absolute Gasteiger partial charge is 0.287 e. The number of aromatic amines is 1. The molecule has 0 saturated heterocycles. The number of H-pyrrole nitrogens is 1. The van der Waals surface area contributed by atoms with Gasteiger partial charge in [-0.25, -0.2) is 4.98 Å². The van der Waals surface area contributed by atoms with E-state index in [1.807, 2.05) is 6.92 Å². The molecule has 0 radical (unpaired) electrons. The summed E-state index contributed by atoms with van der Waals surface area (Å²) < 4.78 is 7.28. The molecule has 11 heteroatoms. The van der Waals surface area contributed by atoms with E-state index in [0.29, 0.717) is 28.0 Å². The van der Waals surface area contributed by atoms with Crippen molar-refractivity contribution in [2.45, 2.75) is 26.4 Å². The Hall–Kier alpha value is -3.05. The average Bonchev–Trinajstić information content (AvgIpc) is 3.37. The van der Waals surface area contributed by atoms with Crippen LogP contribution in [0.2, 0.25) is 0 Å². The number of thiazole rings is 1. The first-order chi connectivity index (χ1) is 13.4. The van der Waals surface area contributed by atoms with Crippen molar-refractivity contribution in [2.24, 2.45) is 0 Å². The first-order valence-electron chi connectivity index (χ1n) is 8.29. The molecule has 0 aliphatic rings. The van der Waals surface area contributed by atoms with Crippen molar-refractivity contribution >= 4 is 40.5 Å². The molecule has 0 saturated carbocycles. The van der Waals surface area contributed by atoms with E-state index >= 15 is 0 Å². The molecule has 3 aromatic rings. The zero-order chi connectivity index (χ0) is 20.3. The second-order valence-corrected chi connectivity index (χ2v) is 7.23. The third-order valence-electron chi connectivity index (χ3n) is 3.79. The Morgan fingerprint density at radius 3 is 3.00 bits per heavy atom. The van der Waals surface area contributed by atoms with Crippen LogP contribution in [-0.2, 0) is 11.3 Å². The van der Waals surface area contributed by atoms with Crippen LogP contribution in [0.15, 0.2) is 35.5 Å². The van der Waals surface area contributed by atoms with Gasteiger partial charge in [-0.1, -0.05) is 17.4 Å².